The number of carbonyl (C=O) groups is 1. The molecule has 1 fully saturated rings. The Hall–Kier alpha value is -2.96. The maximum absolute atomic E-state index is 12.4. The van der Waals surface area contributed by atoms with Gasteiger partial charge in [0.05, 0.1) is 11.9 Å². The van der Waals surface area contributed by atoms with Crippen molar-refractivity contribution in [2.24, 2.45) is 5.92 Å². The van der Waals surface area contributed by atoms with E-state index < -0.39 is 0 Å². The first-order chi connectivity index (χ1) is 13.1. The lowest BCUT2D eigenvalue weighted by molar-refractivity contribution is 0.0841. The molecule has 140 valence electrons. The summed E-state index contributed by atoms with van der Waals surface area (Å²) in [5.41, 5.74) is 2.75. The minimum Gasteiger partial charge on any atom is -0.350 e. The molecular weight excluding hydrogens is 342 g/mol. The van der Waals surface area contributed by atoms with Gasteiger partial charge in [0.2, 0.25) is 5.76 Å². The highest BCUT2D eigenvalue weighted by Crippen LogP contribution is 2.30. The quantitative estimate of drug-likeness (QED) is 0.724. The summed E-state index contributed by atoms with van der Waals surface area (Å²) in [7, 11) is 0. The molecule has 0 radical (unpaired) electrons. The number of amides is 1. The Labute approximate surface area is 157 Å². The van der Waals surface area contributed by atoms with Crippen LogP contribution in [0.4, 0.5) is 0 Å². The predicted octanol–water partition coefficient (Wildman–Crippen LogP) is 3.27. The number of hydrogen-bond donors (Lipinski definition) is 1. The highest BCUT2D eigenvalue weighted by molar-refractivity contribution is 5.92. The molecule has 1 aliphatic carbocycles. The molecule has 4 rings (SSSR count). The van der Waals surface area contributed by atoms with Crippen LogP contribution in [-0.2, 0) is 6.54 Å². The molecule has 0 bridgehead atoms. The highest BCUT2D eigenvalue weighted by atomic mass is 16.5. The van der Waals surface area contributed by atoms with Crippen molar-refractivity contribution in [3.8, 4) is 11.3 Å². The molecule has 0 aliphatic heterocycles. The second-order valence-corrected chi connectivity index (χ2v) is 7.45. The van der Waals surface area contributed by atoms with Crippen LogP contribution in [-0.4, -0.2) is 32.1 Å². The number of carbonyl (C=O) groups excluding carboxylic acids is 1. The van der Waals surface area contributed by atoms with E-state index in [0.29, 0.717) is 17.5 Å². The summed E-state index contributed by atoms with van der Waals surface area (Å²) < 4.78 is 7.20. The van der Waals surface area contributed by atoms with Crippen molar-refractivity contribution in [3.63, 3.8) is 0 Å². The topological polar surface area (TPSA) is 85.8 Å². The normalized spacial score (nSPS) is 19.1. The van der Waals surface area contributed by atoms with Gasteiger partial charge in [0, 0.05) is 24.2 Å². The number of hydrogen-bond acceptors (Lipinski definition) is 5. The minimum atomic E-state index is -0.211. The third kappa shape index (κ3) is 3.77. The van der Waals surface area contributed by atoms with Crippen LogP contribution in [0.25, 0.3) is 11.3 Å². The smallest absolute Gasteiger partial charge is 0.290 e. The Morgan fingerprint density at radius 2 is 2.07 bits per heavy atom. The van der Waals surface area contributed by atoms with Crippen molar-refractivity contribution in [1.29, 1.82) is 0 Å². The van der Waals surface area contributed by atoms with Gasteiger partial charge in [-0.2, -0.15) is 0 Å². The van der Waals surface area contributed by atoms with Crippen LogP contribution in [0.15, 0.2) is 47.1 Å². The summed E-state index contributed by atoms with van der Waals surface area (Å²) in [5.74, 6) is 0.942. The molecule has 1 N–H and O–H groups in total. The summed E-state index contributed by atoms with van der Waals surface area (Å²) in [4.78, 5) is 12.4. The van der Waals surface area contributed by atoms with Gasteiger partial charge in [-0.15, -0.1) is 5.10 Å². The third-order valence-corrected chi connectivity index (χ3v) is 5.04. The zero-order chi connectivity index (χ0) is 18.8. The Bertz CT molecular complexity index is 909. The van der Waals surface area contributed by atoms with Crippen LogP contribution in [0.2, 0.25) is 0 Å². The number of aromatic nitrogens is 4. The molecule has 27 heavy (non-hydrogen) atoms. The third-order valence-electron chi connectivity index (χ3n) is 5.04. The first-order valence-corrected chi connectivity index (χ1v) is 9.31. The molecular formula is C20H23N5O2. The van der Waals surface area contributed by atoms with E-state index in [1.165, 1.54) is 0 Å². The van der Waals surface area contributed by atoms with Crippen LogP contribution >= 0.6 is 0 Å². The zero-order valence-corrected chi connectivity index (χ0v) is 15.5. The van der Waals surface area contributed by atoms with Gasteiger partial charge in [0.15, 0.2) is 0 Å². The molecule has 1 aliphatic rings. The van der Waals surface area contributed by atoms with Gasteiger partial charge >= 0.3 is 0 Å². The zero-order valence-electron chi connectivity index (χ0n) is 15.5. The van der Waals surface area contributed by atoms with Gasteiger partial charge in [-0.05, 0) is 24.7 Å². The molecule has 0 atom stereocenters. The fraction of sp³-hybridized carbons (Fsp3) is 0.400. The van der Waals surface area contributed by atoms with Gasteiger partial charge in [-0.3, -0.25) is 4.79 Å². The lowest BCUT2D eigenvalue weighted by Crippen LogP contribution is -2.45. The van der Waals surface area contributed by atoms with Crippen LogP contribution in [0.5, 0.6) is 0 Å². The van der Waals surface area contributed by atoms with E-state index in [1.54, 1.807) is 6.07 Å². The van der Waals surface area contributed by atoms with Crippen molar-refractivity contribution in [2.75, 3.05) is 0 Å². The first-order valence-electron chi connectivity index (χ1n) is 9.31. The number of benzene rings is 1. The molecule has 1 saturated carbocycles. The molecule has 0 spiro atoms. The SMILES string of the molecule is CC(C)c1cnnn1CC1CC(NC(=O)c2cc(-c3ccccc3)no2)C1. The summed E-state index contributed by atoms with van der Waals surface area (Å²) in [6.45, 7) is 5.13. The summed E-state index contributed by atoms with van der Waals surface area (Å²) >= 11 is 0. The predicted molar refractivity (Wildman–Crippen MR) is 100 cm³/mol. The minimum absolute atomic E-state index is 0.166. The van der Waals surface area contributed by atoms with Crippen LogP contribution < -0.4 is 5.32 Å². The van der Waals surface area contributed by atoms with Crippen molar-refractivity contribution in [3.05, 3.63) is 54.0 Å². The molecule has 3 aromatic rings. The van der Waals surface area contributed by atoms with Gasteiger partial charge < -0.3 is 9.84 Å². The molecule has 0 saturated heterocycles. The Kier molecular flexibility index (Phi) is 4.75. The van der Waals surface area contributed by atoms with Crippen molar-refractivity contribution < 1.29 is 9.32 Å². The Morgan fingerprint density at radius 1 is 1.30 bits per heavy atom. The highest BCUT2D eigenvalue weighted by Gasteiger charge is 2.32. The molecule has 0 unspecified atom stereocenters. The average Bonchev–Trinajstić information content (AvgIpc) is 3.30. The fourth-order valence-electron chi connectivity index (χ4n) is 3.49. The molecule has 1 amide bonds. The largest absolute Gasteiger partial charge is 0.350 e. The summed E-state index contributed by atoms with van der Waals surface area (Å²) in [6, 6.07) is 11.5. The number of nitrogens with one attached hydrogen (secondary N) is 1. The van der Waals surface area contributed by atoms with E-state index in [1.807, 2.05) is 41.2 Å². The van der Waals surface area contributed by atoms with Crippen LogP contribution in [0.3, 0.4) is 0 Å². The maximum atomic E-state index is 12.4. The van der Waals surface area contributed by atoms with Gasteiger partial charge in [-0.1, -0.05) is 54.5 Å². The van der Waals surface area contributed by atoms with Gasteiger partial charge in [0.25, 0.3) is 5.91 Å². The second-order valence-electron chi connectivity index (χ2n) is 7.45. The van der Waals surface area contributed by atoms with Crippen LogP contribution in [0.1, 0.15) is 48.9 Å². The lowest BCUT2D eigenvalue weighted by atomic mass is 9.80. The number of rotatable bonds is 6. The van der Waals surface area contributed by atoms with Gasteiger partial charge in [-0.25, -0.2) is 4.68 Å². The summed E-state index contributed by atoms with van der Waals surface area (Å²) in [6.07, 6.45) is 3.70. The second kappa shape index (κ2) is 7.34. The van der Waals surface area contributed by atoms with Crippen molar-refractivity contribution >= 4 is 5.91 Å². The fourth-order valence-corrected chi connectivity index (χ4v) is 3.49. The van der Waals surface area contributed by atoms with E-state index in [9.17, 15) is 4.79 Å². The molecule has 7 heteroatoms. The molecule has 7 nitrogen and oxygen atoms in total. The van der Waals surface area contributed by atoms with Crippen molar-refractivity contribution in [1.82, 2.24) is 25.5 Å². The molecule has 1 aromatic carbocycles. The monoisotopic (exact) mass is 365 g/mol. The Morgan fingerprint density at radius 3 is 2.81 bits per heavy atom. The average molecular weight is 365 g/mol. The van der Waals surface area contributed by atoms with E-state index >= 15 is 0 Å². The summed E-state index contributed by atoms with van der Waals surface area (Å²) in [5, 5.41) is 15.2. The molecule has 2 heterocycles. The van der Waals surface area contributed by atoms with E-state index in [2.05, 4.69) is 34.6 Å². The maximum Gasteiger partial charge on any atom is 0.290 e. The standard InChI is InChI=1S/C20H23N5O2/c1-13(2)18-11-21-24-25(18)12-14-8-16(9-14)22-20(26)19-10-17(23-27-19)15-6-4-3-5-7-15/h3-7,10-11,13-14,16H,8-9,12H2,1-2H3,(H,22,26). The lowest BCUT2D eigenvalue weighted by Gasteiger charge is -2.35. The van der Waals surface area contributed by atoms with Crippen molar-refractivity contribution in [2.45, 2.75) is 45.2 Å². The first kappa shape index (κ1) is 17.5. The van der Waals surface area contributed by atoms with Crippen LogP contribution in [0, 0.1) is 5.92 Å². The van der Waals surface area contributed by atoms with E-state index in [0.717, 1.165) is 30.6 Å². The van der Waals surface area contributed by atoms with Gasteiger partial charge in [0.1, 0.15) is 5.69 Å². The van der Waals surface area contributed by atoms with E-state index in [-0.39, 0.29) is 17.7 Å². The molecule has 2 aromatic heterocycles. The number of nitrogens with zero attached hydrogens (tertiary/aromatic N) is 4. The Balaban J connectivity index is 1.29. The van der Waals surface area contributed by atoms with E-state index in [4.69, 9.17) is 4.52 Å².